The predicted octanol–water partition coefficient (Wildman–Crippen LogP) is 4.64. The number of nitrogens with zero attached hydrogens (tertiary/aromatic N) is 1. The molecule has 2 heterocycles. The van der Waals surface area contributed by atoms with Gasteiger partial charge in [0.05, 0.1) is 10.6 Å². The molecule has 138 valence electrons. The van der Waals surface area contributed by atoms with Crippen LogP contribution in [-0.4, -0.2) is 22.9 Å². The molecule has 2 aromatic carbocycles. The number of benzene rings is 2. The fourth-order valence-electron chi connectivity index (χ4n) is 2.68. The summed E-state index contributed by atoms with van der Waals surface area (Å²) >= 11 is 6.00. The maximum Gasteiger partial charge on any atom is 0.363 e. The fourth-order valence-corrected chi connectivity index (χ4v) is 2.94. The van der Waals surface area contributed by atoms with Crippen LogP contribution >= 0.6 is 11.6 Å². The van der Waals surface area contributed by atoms with Crippen molar-refractivity contribution in [2.45, 2.75) is 0 Å². The van der Waals surface area contributed by atoms with E-state index >= 15 is 0 Å². The molecule has 0 radical (unpaired) electrons. The van der Waals surface area contributed by atoms with E-state index in [0.717, 1.165) is 0 Å². The Morgan fingerprint density at radius 3 is 2.54 bits per heavy atom. The van der Waals surface area contributed by atoms with Gasteiger partial charge < -0.3 is 14.3 Å². The minimum atomic E-state index is -1.10. The molecule has 0 saturated carbocycles. The normalized spacial score (nSPS) is 14.8. The van der Waals surface area contributed by atoms with E-state index in [2.05, 4.69) is 4.99 Å². The van der Waals surface area contributed by atoms with Crippen molar-refractivity contribution >= 4 is 35.5 Å². The van der Waals surface area contributed by atoms with Gasteiger partial charge in [0.2, 0.25) is 5.90 Å². The monoisotopic (exact) mass is 393 g/mol. The predicted molar refractivity (Wildman–Crippen MR) is 103 cm³/mol. The number of halogens is 1. The second kappa shape index (κ2) is 7.17. The second-order valence-electron chi connectivity index (χ2n) is 5.90. The Morgan fingerprint density at radius 1 is 1.04 bits per heavy atom. The average molecular weight is 394 g/mol. The third-order valence-electron chi connectivity index (χ3n) is 4.03. The zero-order valence-electron chi connectivity index (χ0n) is 14.3. The average Bonchev–Trinajstić information content (AvgIpc) is 3.29. The molecule has 7 heteroatoms. The summed E-state index contributed by atoms with van der Waals surface area (Å²) in [6, 6.07) is 17.0. The molecule has 0 bridgehead atoms. The zero-order valence-corrected chi connectivity index (χ0v) is 15.0. The third kappa shape index (κ3) is 3.45. The van der Waals surface area contributed by atoms with Gasteiger partial charge in [-0.3, -0.25) is 0 Å². The van der Waals surface area contributed by atoms with Crippen molar-refractivity contribution < 1.29 is 23.8 Å². The molecule has 0 atom stereocenters. The number of furan rings is 1. The molecule has 0 unspecified atom stereocenters. The number of cyclic esters (lactones) is 1. The molecule has 28 heavy (non-hydrogen) atoms. The van der Waals surface area contributed by atoms with E-state index in [-0.39, 0.29) is 22.2 Å². The largest absolute Gasteiger partial charge is 0.478 e. The van der Waals surface area contributed by atoms with Gasteiger partial charge in [-0.05, 0) is 36.4 Å². The molecule has 1 aromatic heterocycles. The number of ether oxygens (including phenoxy) is 1. The van der Waals surface area contributed by atoms with E-state index in [1.807, 2.05) is 18.2 Å². The van der Waals surface area contributed by atoms with Gasteiger partial charge in [0.25, 0.3) is 0 Å². The lowest BCUT2D eigenvalue weighted by molar-refractivity contribution is -0.129. The lowest BCUT2D eigenvalue weighted by Gasteiger charge is -2.01. The van der Waals surface area contributed by atoms with Gasteiger partial charge in [-0.15, -0.1) is 0 Å². The van der Waals surface area contributed by atoms with Crippen LogP contribution in [0.1, 0.15) is 21.7 Å². The molecule has 0 aliphatic carbocycles. The van der Waals surface area contributed by atoms with Crippen molar-refractivity contribution in [3.8, 4) is 11.3 Å². The number of rotatable bonds is 4. The van der Waals surface area contributed by atoms with Gasteiger partial charge in [-0.1, -0.05) is 35.9 Å². The molecule has 3 aromatic rings. The first kappa shape index (κ1) is 17.8. The Bertz CT molecular complexity index is 1140. The van der Waals surface area contributed by atoms with Crippen molar-refractivity contribution in [1.82, 2.24) is 0 Å². The molecular weight excluding hydrogens is 382 g/mol. The number of aliphatic imine (C=N–C) groups is 1. The zero-order chi connectivity index (χ0) is 19.7. The Morgan fingerprint density at radius 2 is 1.82 bits per heavy atom. The highest BCUT2D eigenvalue weighted by Gasteiger charge is 2.24. The minimum absolute atomic E-state index is 0.00999. The smallest absolute Gasteiger partial charge is 0.363 e. The van der Waals surface area contributed by atoms with Gasteiger partial charge in [0, 0.05) is 17.2 Å². The summed E-state index contributed by atoms with van der Waals surface area (Å²) in [7, 11) is 0. The summed E-state index contributed by atoms with van der Waals surface area (Å²) in [6.07, 6.45) is 1.48. The summed E-state index contributed by atoms with van der Waals surface area (Å²) in [4.78, 5) is 27.3. The van der Waals surface area contributed by atoms with Crippen LogP contribution in [0.4, 0.5) is 0 Å². The molecule has 4 rings (SSSR count). The second-order valence-corrected chi connectivity index (χ2v) is 6.31. The van der Waals surface area contributed by atoms with Gasteiger partial charge in [-0.2, -0.15) is 0 Å². The van der Waals surface area contributed by atoms with Crippen LogP contribution in [0.2, 0.25) is 5.02 Å². The number of carboxylic acid groups (broad SMARTS) is 1. The molecule has 0 fully saturated rings. The van der Waals surface area contributed by atoms with E-state index in [1.54, 1.807) is 30.3 Å². The summed E-state index contributed by atoms with van der Waals surface area (Å²) in [5, 5.41) is 9.16. The van der Waals surface area contributed by atoms with Crippen LogP contribution in [0.5, 0.6) is 0 Å². The minimum Gasteiger partial charge on any atom is -0.478 e. The van der Waals surface area contributed by atoms with Crippen molar-refractivity contribution in [2.24, 2.45) is 4.99 Å². The van der Waals surface area contributed by atoms with Gasteiger partial charge in [-0.25, -0.2) is 14.6 Å². The summed E-state index contributed by atoms with van der Waals surface area (Å²) < 4.78 is 10.9. The molecule has 1 aliphatic rings. The highest BCUT2D eigenvalue weighted by atomic mass is 35.5. The highest BCUT2D eigenvalue weighted by molar-refractivity contribution is 6.33. The van der Waals surface area contributed by atoms with E-state index in [4.69, 9.17) is 25.9 Å². The van der Waals surface area contributed by atoms with E-state index in [0.29, 0.717) is 22.6 Å². The maximum absolute atomic E-state index is 12.1. The summed E-state index contributed by atoms with van der Waals surface area (Å²) in [6.45, 7) is 0. The van der Waals surface area contributed by atoms with Gasteiger partial charge >= 0.3 is 11.9 Å². The summed E-state index contributed by atoms with van der Waals surface area (Å²) in [5.41, 5.74) is 1.45. The number of carboxylic acids is 1. The Hall–Kier alpha value is -3.64. The maximum atomic E-state index is 12.1. The number of esters is 1. The molecule has 1 aliphatic heterocycles. The fraction of sp³-hybridized carbons (Fsp3) is 0. The van der Waals surface area contributed by atoms with Crippen LogP contribution in [0.25, 0.3) is 17.4 Å². The van der Waals surface area contributed by atoms with Crippen molar-refractivity contribution in [1.29, 1.82) is 0 Å². The quantitative estimate of drug-likeness (QED) is 0.515. The standard InChI is InChI=1S/C21H12ClNO5/c22-16-10-13(6-8-15(16)20(24)25)18-9-7-14(27-18)11-17-21(26)28-19(23-17)12-4-2-1-3-5-12/h1-11H,(H,24,25)/b17-11+. The first-order valence-electron chi connectivity index (χ1n) is 8.22. The number of hydrogen-bond donors (Lipinski definition) is 1. The van der Waals surface area contributed by atoms with Gasteiger partial charge in [0.15, 0.2) is 5.70 Å². The number of hydrogen-bond acceptors (Lipinski definition) is 5. The SMILES string of the molecule is O=C1OC(c2ccccc2)=N/C1=C/c1ccc(-c2ccc(C(=O)O)c(Cl)c2)o1. The highest BCUT2D eigenvalue weighted by Crippen LogP contribution is 2.28. The first-order valence-corrected chi connectivity index (χ1v) is 8.60. The molecule has 0 spiro atoms. The first-order chi connectivity index (χ1) is 13.5. The molecule has 0 amide bonds. The lowest BCUT2D eigenvalue weighted by atomic mass is 10.1. The van der Waals surface area contributed by atoms with Crippen LogP contribution in [-0.2, 0) is 9.53 Å². The van der Waals surface area contributed by atoms with Crippen molar-refractivity contribution in [3.63, 3.8) is 0 Å². The van der Waals surface area contributed by atoms with E-state index in [9.17, 15) is 9.59 Å². The van der Waals surface area contributed by atoms with Crippen LogP contribution < -0.4 is 0 Å². The van der Waals surface area contributed by atoms with Crippen LogP contribution in [0, 0.1) is 0 Å². The number of carbonyl (C=O) groups excluding carboxylic acids is 1. The van der Waals surface area contributed by atoms with Crippen molar-refractivity contribution in [2.75, 3.05) is 0 Å². The topological polar surface area (TPSA) is 89.1 Å². The Kier molecular flexibility index (Phi) is 4.55. The van der Waals surface area contributed by atoms with E-state index < -0.39 is 11.9 Å². The lowest BCUT2D eigenvalue weighted by Crippen LogP contribution is -2.04. The molecular formula is C21H12ClNO5. The Balaban J connectivity index is 1.61. The molecule has 0 saturated heterocycles. The van der Waals surface area contributed by atoms with E-state index in [1.165, 1.54) is 18.2 Å². The van der Waals surface area contributed by atoms with Crippen LogP contribution in [0.15, 0.2) is 75.8 Å². The van der Waals surface area contributed by atoms with Crippen LogP contribution in [0.3, 0.4) is 0 Å². The number of aromatic carboxylic acids is 1. The molecule has 6 nitrogen and oxygen atoms in total. The third-order valence-corrected chi connectivity index (χ3v) is 4.34. The summed E-state index contributed by atoms with van der Waals surface area (Å²) in [5.74, 6) is -0.554. The molecule has 1 N–H and O–H groups in total. The number of carbonyl (C=O) groups is 2. The Labute approximate surface area is 164 Å². The van der Waals surface area contributed by atoms with Crippen molar-refractivity contribution in [3.05, 3.63) is 88.3 Å². The van der Waals surface area contributed by atoms with Gasteiger partial charge in [0.1, 0.15) is 11.5 Å².